The molecule has 1 N–H and O–H groups in total. The molecule has 14 heavy (non-hydrogen) atoms. The lowest BCUT2D eigenvalue weighted by atomic mass is 10.3. The Labute approximate surface area is 82.3 Å². The molecule has 5 heteroatoms. The lowest BCUT2D eigenvalue weighted by Gasteiger charge is -2.02. The summed E-state index contributed by atoms with van der Waals surface area (Å²) < 4.78 is 9.36. The summed E-state index contributed by atoms with van der Waals surface area (Å²) in [6, 6.07) is 0. The normalized spacial score (nSPS) is 10.9. The van der Waals surface area contributed by atoms with Crippen molar-refractivity contribution in [2.45, 2.75) is 20.3 Å². The Hall–Kier alpha value is -1.52. The van der Waals surface area contributed by atoms with E-state index in [1.807, 2.05) is 6.92 Å². The number of carbonyl (C=O) groups is 2. The molecule has 0 aromatic carbocycles. The first-order chi connectivity index (χ1) is 6.63. The molecule has 0 saturated heterocycles. The lowest BCUT2D eigenvalue weighted by molar-refractivity contribution is -0.144. The fourth-order valence-corrected chi connectivity index (χ4v) is 0.655. The smallest absolute Gasteiger partial charge is 0.348 e. The molecule has 0 heterocycles. The quantitative estimate of drug-likeness (QED) is 0.173. The van der Waals surface area contributed by atoms with Crippen molar-refractivity contribution in [2.75, 3.05) is 13.2 Å². The highest BCUT2D eigenvalue weighted by atomic mass is 16.5. The highest BCUT2D eigenvalue weighted by molar-refractivity contribution is 6.12. The second-order valence-corrected chi connectivity index (χ2v) is 2.43. The maximum atomic E-state index is 11.0. The van der Waals surface area contributed by atoms with Gasteiger partial charge in [-0.05, 0) is 13.3 Å². The van der Waals surface area contributed by atoms with Crippen LogP contribution in [-0.2, 0) is 19.1 Å². The van der Waals surface area contributed by atoms with E-state index in [4.69, 9.17) is 9.84 Å². The van der Waals surface area contributed by atoms with Gasteiger partial charge in [0.15, 0.2) is 5.57 Å². The monoisotopic (exact) mass is 202 g/mol. The van der Waals surface area contributed by atoms with Gasteiger partial charge < -0.3 is 14.6 Å². The average molecular weight is 202 g/mol. The second kappa shape index (κ2) is 6.94. The maximum absolute atomic E-state index is 11.0. The number of carboxylic acid groups (broad SMARTS) is 1. The zero-order chi connectivity index (χ0) is 11.0. The second-order valence-electron chi connectivity index (χ2n) is 2.43. The van der Waals surface area contributed by atoms with E-state index >= 15 is 0 Å². The van der Waals surface area contributed by atoms with Crippen LogP contribution in [0.1, 0.15) is 20.3 Å². The Morgan fingerprint density at radius 1 is 1.36 bits per heavy atom. The zero-order valence-electron chi connectivity index (χ0n) is 8.28. The number of carbonyl (C=O) groups excluding carboxylic acids is 1. The van der Waals surface area contributed by atoms with E-state index in [9.17, 15) is 9.59 Å². The first-order valence-electron chi connectivity index (χ1n) is 4.35. The summed E-state index contributed by atoms with van der Waals surface area (Å²) in [5.41, 5.74) is -0.486. The minimum Gasteiger partial charge on any atom is -0.500 e. The fourth-order valence-electron chi connectivity index (χ4n) is 0.655. The van der Waals surface area contributed by atoms with Crippen LogP contribution in [0.3, 0.4) is 0 Å². The van der Waals surface area contributed by atoms with Crippen LogP contribution in [0.15, 0.2) is 11.8 Å². The molecule has 5 nitrogen and oxygen atoms in total. The minimum atomic E-state index is -1.35. The molecule has 0 radical (unpaired) electrons. The van der Waals surface area contributed by atoms with Gasteiger partial charge in [-0.25, -0.2) is 9.59 Å². The molecule has 0 rings (SSSR count). The van der Waals surface area contributed by atoms with Gasteiger partial charge in [-0.3, -0.25) is 0 Å². The molecule has 0 unspecified atom stereocenters. The van der Waals surface area contributed by atoms with Crippen LogP contribution >= 0.6 is 0 Å². The fraction of sp³-hybridized carbons (Fsp3) is 0.556. The molecule has 80 valence electrons. The van der Waals surface area contributed by atoms with E-state index in [-0.39, 0.29) is 6.61 Å². The molecule has 0 aliphatic carbocycles. The van der Waals surface area contributed by atoms with Gasteiger partial charge in [-0.1, -0.05) is 6.92 Å². The summed E-state index contributed by atoms with van der Waals surface area (Å²) in [5.74, 6) is -2.23. The maximum Gasteiger partial charge on any atom is 0.348 e. The van der Waals surface area contributed by atoms with Crippen LogP contribution in [0.5, 0.6) is 0 Å². The highest BCUT2D eigenvalue weighted by Crippen LogP contribution is 1.99. The van der Waals surface area contributed by atoms with Crippen LogP contribution in [0, 0.1) is 0 Å². The Morgan fingerprint density at radius 2 is 2.00 bits per heavy atom. The van der Waals surface area contributed by atoms with E-state index in [2.05, 4.69) is 4.74 Å². The van der Waals surface area contributed by atoms with Crippen LogP contribution < -0.4 is 0 Å². The number of carboxylic acids is 1. The zero-order valence-corrected chi connectivity index (χ0v) is 8.28. The third-order valence-corrected chi connectivity index (χ3v) is 1.25. The molecule has 0 bridgehead atoms. The molecule has 0 spiro atoms. The molecule has 0 fully saturated rings. The summed E-state index contributed by atoms with van der Waals surface area (Å²) in [4.78, 5) is 21.6. The average Bonchev–Trinajstić information content (AvgIpc) is 2.12. The first kappa shape index (κ1) is 12.5. The standard InChI is InChI=1S/C9H14O5/c1-3-5-13-6-7(8(10)11)9(12)14-4-2/h6H,3-5H2,1-2H3,(H,10,11). The molecular weight excluding hydrogens is 188 g/mol. The van der Waals surface area contributed by atoms with Crippen molar-refractivity contribution < 1.29 is 24.2 Å². The van der Waals surface area contributed by atoms with Crippen LogP contribution in [-0.4, -0.2) is 30.3 Å². The minimum absolute atomic E-state index is 0.136. The van der Waals surface area contributed by atoms with E-state index < -0.39 is 17.5 Å². The molecule has 0 aromatic rings. The molecule has 0 amide bonds. The van der Waals surface area contributed by atoms with E-state index in [0.717, 1.165) is 12.7 Å². The van der Waals surface area contributed by atoms with Crippen molar-refractivity contribution in [3.8, 4) is 0 Å². The van der Waals surface area contributed by atoms with Crippen LogP contribution in [0.2, 0.25) is 0 Å². The first-order valence-corrected chi connectivity index (χ1v) is 4.35. The summed E-state index contributed by atoms with van der Waals surface area (Å²) in [6.45, 7) is 3.98. The summed E-state index contributed by atoms with van der Waals surface area (Å²) in [5, 5.41) is 8.62. The van der Waals surface area contributed by atoms with Gasteiger partial charge in [0.2, 0.25) is 0 Å². The molecule has 0 aliphatic rings. The Kier molecular flexibility index (Phi) is 6.19. The predicted octanol–water partition coefficient (Wildman–Crippen LogP) is 0.945. The van der Waals surface area contributed by atoms with Gasteiger partial charge in [0, 0.05) is 0 Å². The van der Waals surface area contributed by atoms with Crippen molar-refractivity contribution in [3.63, 3.8) is 0 Å². The van der Waals surface area contributed by atoms with Gasteiger partial charge in [0.05, 0.1) is 13.2 Å². The van der Waals surface area contributed by atoms with Crippen molar-refractivity contribution in [1.29, 1.82) is 0 Å². The van der Waals surface area contributed by atoms with Crippen molar-refractivity contribution in [2.24, 2.45) is 0 Å². The summed E-state index contributed by atoms with van der Waals surface area (Å²) in [6.07, 6.45) is 1.66. The topological polar surface area (TPSA) is 72.8 Å². The van der Waals surface area contributed by atoms with Gasteiger partial charge in [-0.2, -0.15) is 0 Å². The summed E-state index contributed by atoms with van der Waals surface area (Å²) >= 11 is 0. The Bertz CT molecular complexity index is 231. The highest BCUT2D eigenvalue weighted by Gasteiger charge is 2.18. The third-order valence-electron chi connectivity index (χ3n) is 1.25. The SMILES string of the molecule is CCCOC=C(C(=O)O)C(=O)OCC. The van der Waals surface area contributed by atoms with Crippen LogP contribution in [0.4, 0.5) is 0 Å². The van der Waals surface area contributed by atoms with Crippen LogP contribution in [0.25, 0.3) is 0 Å². The number of hydrogen-bond donors (Lipinski definition) is 1. The van der Waals surface area contributed by atoms with Gasteiger partial charge >= 0.3 is 11.9 Å². The van der Waals surface area contributed by atoms with Gasteiger partial charge in [-0.15, -0.1) is 0 Å². The third kappa shape index (κ3) is 4.49. The lowest BCUT2D eigenvalue weighted by Crippen LogP contribution is -2.15. The number of esters is 1. The Morgan fingerprint density at radius 3 is 2.43 bits per heavy atom. The van der Waals surface area contributed by atoms with Crippen molar-refractivity contribution >= 4 is 11.9 Å². The van der Waals surface area contributed by atoms with E-state index in [1.165, 1.54) is 0 Å². The van der Waals surface area contributed by atoms with Crippen molar-refractivity contribution in [1.82, 2.24) is 0 Å². The molecule has 0 atom stereocenters. The number of rotatable bonds is 6. The number of aliphatic carboxylic acids is 1. The summed E-state index contributed by atoms with van der Waals surface area (Å²) in [7, 11) is 0. The van der Waals surface area contributed by atoms with Crippen molar-refractivity contribution in [3.05, 3.63) is 11.8 Å². The largest absolute Gasteiger partial charge is 0.500 e. The number of ether oxygens (including phenoxy) is 2. The van der Waals surface area contributed by atoms with Gasteiger partial charge in [0.1, 0.15) is 6.26 Å². The Balaban J connectivity index is 4.35. The molecule has 0 aromatic heterocycles. The molecule has 0 aliphatic heterocycles. The molecule has 0 saturated carbocycles. The van der Waals surface area contributed by atoms with Gasteiger partial charge in [0.25, 0.3) is 0 Å². The van der Waals surface area contributed by atoms with E-state index in [1.54, 1.807) is 6.92 Å². The van der Waals surface area contributed by atoms with E-state index in [0.29, 0.717) is 6.61 Å². The number of hydrogen-bond acceptors (Lipinski definition) is 4. The molecular formula is C9H14O5. The predicted molar refractivity (Wildman–Crippen MR) is 48.6 cm³/mol.